The first kappa shape index (κ1) is 13.5. The number of rotatable bonds is 4. The molecule has 0 spiro atoms. The molecule has 0 aliphatic heterocycles. The normalized spacial score (nSPS) is 10.5. The molecule has 1 aromatic heterocycles. The molecule has 2 rings (SSSR count). The van der Waals surface area contributed by atoms with Gasteiger partial charge in [-0.3, -0.25) is 4.79 Å². The number of anilines is 1. The van der Waals surface area contributed by atoms with Crippen LogP contribution in [0, 0.1) is 5.82 Å². The van der Waals surface area contributed by atoms with E-state index in [1.807, 2.05) is 0 Å². The number of hydrogen-bond donors (Lipinski definition) is 2. The van der Waals surface area contributed by atoms with Crippen LogP contribution in [0.3, 0.4) is 0 Å². The van der Waals surface area contributed by atoms with Crippen molar-refractivity contribution in [3.63, 3.8) is 0 Å². The topological polar surface area (TPSA) is 72.9 Å². The van der Waals surface area contributed by atoms with Crippen LogP contribution in [0.1, 0.15) is 10.5 Å². The van der Waals surface area contributed by atoms with Gasteiger partial charge in [-0.2, -0.15) is 0 Å². The lowest BCUT2D eigenvalue weighted by atomic mass is 10.3. The Morgan fingerprint density at radius 1 is 1.53 bits per heavy atom. The molecule has 100 valence electrons. The van der Waals surface area contributed by atoms with Crippen LogP contribution >= 0.6 is 11.6 Å². The van der Waals surface area contributed by atoms with Crippen LogP contribution < -0.4 is 11.1 Å². The number of aromatic nitrogens is 2. The second kappa shape index (κ2) is 5.81. The smallest absolute Gasteiger partial charge is 0.275 e. The maximum Gasteiger partial charge on any atom is 0.275 e. The Kier molecular flexibility index (Phi) is 4.13. The lowest BCUT2D eigenvalue weighted by Crippen LogP contribution is -2.13. The fourth-order valence-corrected chi connectivity index (χ4v) is 1.64. The number of nitrogens with two attached hydrogens (primary N) is 1. The van der Waals surface area contributed by atoms with E-state index in [4.69, 9.17) is 17.3 Å². The minimum Gasteiger partial charge on any atom is -0.335 e. The average molecular weight is 283 g/mol. The third-order valence-electron chi connectivity index (χ3n) is 2.43. The molecule has 0 unspecified atom stereocenters. The van der Waals surface area contributed by atoms with Crippen molar-refractivity contribution < 1.29 is 9.18 Å². The quantitative estimate of drug-likeness (QED) is 0.899. The van der Waals surface area contributed by atoms with Gasteiger partial charge < -0.3 is 15.6 Å². The van der Waals surface area contributed by atoms with Crippen LogP contribution in [0.5, 0.6) is 0 Å². The Bertz CT molecular complexity index is 599. The Hall–Kier alpha value is -1.92. The van der Waals surface area contributed by atoms with Crippen LogP contribution in [0.25, 0.3) is 0 Å². The molecule has 2 aromatic rings. The van der Waals surface area contributed by atoms with Crippen molar-refractivity contribution in [3.05, 3.63) is 47.3 Å². The summed E-state index contributed by atoms with van der Waals surface area (Å²) in [5.41, 5.74) is 5.96. The van der Waals surface area contributed by atoms with E-state index < -0.39 is 11.7 Å². The van der Waals surface area contributed by atoms with E-state index >= 15 is 0 Å². The summed E-state index contributed by atoms with van der Waals surface area (Å²) in [7, 11) is 0. The molecule has 1 aromatic carbocycles. The lowest BCUT2D eigenvalue weighted by molar-refractivity contribution is 0.102. The molecular weight excluding hydrogens is 271 g/mol. The predicted octanol–water partition coefficient (Wildman–Crippen LogP) is 1.89. The van der Waals surface area contributed by atoms with E-state index in [1.54, 1.807) is 10.8 Å². The summed E-state index contributed by atoms with van der Waals surface area (Å²) >= 11 is 5.56. The Morgan fingerprint density at radius 2 is 2.32 bits per heavy atom. The number of carbonyl (C=O) groups is 1. The highest BCUT2D eigenvalue weighted by Crippen LogP contribution is 2.19. The van der Waals surface area contributed by atoms with Gasteiger partial charge in [0.15, 0.2) is 0 Å². The van der Waals surface area contributed by atoms with Crippen molar-refractivity contribution in [2.24, 2.45) is 5.73 Å². The fourth-order valence-electron chi connectivity index (χ4n) is 1.52. The molecule has 0 fully saturated rings. The highest BCUT2D eigenvalue weighted by atomic mass is 35.5. The van der Waals surface area contributed by atoms with E-state index in [9.17, 15) is 9.18 Å². The molecule has 0 saturated carbocycles. The summed E-state index contributed by atoms with van der Waals surface area (Å²) in [6, 6.07) is 4.04. The summed E-state index contributed by atoms with van der Waals surface area (Å²) in [4.78, 5) is 15.8. The van der Waals surface area contributed by atoms with Gasteiger partial charge in [0.05, 0.1) is 11.3 Å². The number of carbonyl (C=O) groups excluding carboxylic acids is 1. The number of imidazole rings is 1. The van der Waals surface area contributed by atoms with Gasteiger partial charge in [-0.05, 0) is 18.2 Å². The first-order chi connectivity index (χ1) is 9.10. The van der Waals surface area contributed by atoms with Gasteiger partial charge in [0.2, 0.25) is 0 Å². The van der Waals surface area contributed by atoms with Gasteiger partial charge in [-0.15, -0.1) is 0 Å². The zero-order valence-corrected chi connectivity index (χ0v) is 10.7. The van der Waals surface area contributed by atoms with Gasteiger partial charge in [0.25, 0.3) is 5.91 Å². The van der Waals surface area contributed by atoms with E-state index in [0.29, 0.717) is 18.8 Å². The van der Waals surface area contributed by atoms with Gasteiger partial charge in [-0.25, -0.2) is 9.37 Å². The largest absolute Gasteiger partial charge is 0.335 e. The second-order valence-electron chi connectivity index (χ2n) is 3.87. The van der Waals surface area contributed by atoms with Gasteiger partial charge in [0, 0.05) is 25.0 Å². The van der Waals surface area contributed by atoms with Crippen LogP contribution in [0.15, 0.2) is 30.7 Å². The number of halogens is 2. The molecule has 0 saturated heterocycles. The second-order valence-corrected chi connectivity index (χ2v) is 4.28. The summed E-state index contributed by atoms with van der Waals surface area (Å²) in [5.74, 6) is -1.01. The molecule has 0 aliphatic rings. The maximum absolute atomic E-state index is 13.2. The Labute approximate surface area is 114 Å². The molecular formula is C12H12ClFN4O. The highest BCUT2D eigenvalue weighted by molar-refractivity contribution is 6.30. The van der Waals surface area contributed by atoms with Crippen molar-refractivity contribution in [2.45, 2.75) is 6.54 Å². The van der Waals surface area contributed by atoms with Crippen molar-refractivity contribution in [1.82, 2.24) is 9.55 Å². The van der Waals surface area contributed by atoms with Crippen LogP contribution in [-0.2, 0) is 6.54 Å². The average Bonchev–Trinajstić information content (AvgIpc) is 2.83. The van der Waals surface area contributed by atoms with E-state index in [-0.39, 0.29) is 10.7 Å². The molecule has 3 N–H and O–H groups in total. The van der Waals surface area contributed by atoms with E-state index in [2.05, 4.69) is 10.3 Å². The third-order valence-corrected chi connectivity index (χ3v) is 2.74. The summed E-state index contributed by atoms with van der Waals surface area (Å²) in [6.45, 7) is 1.04. The standard InChI is InChI=1S/C12H12ClFN4O/c13-9-2-1-8(5-10(9)14)17-12(19)11-6-18(4-3-15)7-16-11/h1-2,5-7H,3-4,15H2,(H,17,19). The minimum absolute atomic E-state index is 0.00484. The molecule has 1 amide bonds. The summed E-state index contributed by atoms with van der Waals surface area (Å²) < 4.78 is 14.9. The number of amides is 1. The van der Waals surface area contributed by atoms with Crippen molar-refractivity contribution in [3.8, 4) is 0 Å². The number of benzene rings is 1. The molecule has 1 heterocycles. The molecule has 0 radical (unpaired) electrons. The first-order valence-corrected chi connectivity index (χ1v) is 5.96. The third kappa shape index (κ3) is 3.30. The van der Waals surface area contributed by atoms with Crippen molar-refractivity contribution in [1.29, 1.82) is 0 Å². The van der Waals surface area contributed by atoms with Crippen molar-refractivity contribution in [2.75, 3.05) is 11.9 Å². The molecule has 0 bridgehead atoms. The molecule has 5 nitrogen and oxygen atoms in total. The number of nitrogens with zero attached hydrogens (tertiary/aromatic N) is 2. The fraction of sp³-hybridized carbons (Fsp3) is 0.167. The summed E-state index contributed by atoms with van der Waals surface area (Å²) in [6.07, 6.45) is 3.10. The molecule has 19 heavy (non-hydrogen) atoms. The van der Waals surface area contributed by atoms with Gasteiger partial charge >= 0.3 is 0 Å². The van der Waals surface area contributed by atoms with Crippen molar-refractivity contribution >= 4 is 23.2 Å². The lowest BCUT2D eigenvalue weighted by Gasteiger charge is -2.03. The van der Waals surface area contributed by atoms with E-state index in [0.717, 1.165) is 6.07 Å². The number of nitrogens with one attached hydrogen (secondary N) is 1. The maximum atomic E-state index is 13.2. The molecule has 0 atom stereocenters. The monoisotopic (exact) mass is 282 g/mol. The van der Waals surface area contributed by atoms with Gasteiger partial charge in [-0.1, -0.05) is 11.6 Å². The molecule has 0 aliphatic carbocycles. The van der Waals surface area contributed by atoms with Gasteiger partial charge in [0.1, 0.15) is 11.5 Å². The predicted molar refractivity (Wildman–Crippen MR) is 70.6 cm³/mol. The van der Waals surface area contributed by atoms with Crippen LogP contribution in [-0.4, -0.2) is 22.0 Å². The first-order valence-electron chi connectivity index (χ1n) is 5.58. The Balaban J connectivity index is 2.09. The molecule has 7 heteroatoms. The SMILES string of the molecule is NCCn1cnc(C(=O)Nc2ccc(Cl)c(F)c2)c1. The van der Waals surface area contributed by atoms with E-state index in [1.165, 1.54) is 18.5 Å². The minimum atomic E-state index is -0.590. The number of hydrogen-bond acceptors (Lipinski definition) is 3. The zero-order valence-electron chi connectivity index (χ0n) is 9.94. The van der Waals surface area contributed by atoms with Crippen LogP contribution in [0.2, 0.25) is 5.02 Å². The summed E-state index contributed by atoms with van der Waals surface area (Å²) in [5, 5.41) is 2.54. The Morgan fingerprint density at radius 3 is 3.00 bits per heavy atom. The zero-order chi connectivity index (χ0) is 13.8. The highest BCUT2D eigenvalue weighted by Gasteiger charge is 2.10. The van der Waals surface area contributed by atoms with Crippen LogP contribution in [0.4, 0.5) is 10.1 Å².